The van der Waals surface area contributed by atoms with Crippen LogP contribution in [0.2, 0.25) is 0 Å². The zero-order valence-electron chi connectivity index (χ0n) is 16.5. The second-order valence-electron chi connectivity index (χ2n) is 6.60. The van der Waals surface area contributed by atoms with Crippen molar-refractivity contribution in [3.05, 3.63) is 63.1 Å². The van der Waals surface area contributed by atoms with Gasteiger partial charge in [0.2, 0.25) is 0 Å². The van der Waals surface area contributed by atoms with Gasteiger partial charge in [-0.2, -0.15) is 9.78 Å². The number of ether oxygens (including phenoxy) is 1. The number of carbonyl (C=O) groups is 1. The first-order valence-corrected chi connectivity index (χ1v) is 8.80. The molecule has 10 nitrogen and oxygen atoms in total. The van der Waals surface area contributed by atoms with Gasteiger partial charge in [-0.25, -0.2) is 9.97 Å². The van der Waals surface area contributed by atoms with Crippen molar-refractivity contribution < 1.29 is 14.5 Å². The molecular formula is C19H20N6O4. The van der Waals surface area contributed by atoms with Crippen molar-refractivity contribution in [1.29, 1.82) is 0 Å². The van der Waals surface area contributed by atoms with Crippen molar-refractivity contribution in [2.45, 2.75) is 27.7 Å². The fraction of sp³-hybridized carbons (Fsp3) is 0.263. The van der Waals surface area contributed by atoms with Gasteiger partial charge in [-0.15, -0.1) is 0 Å². The first-order valence-electron chi connectivity index (χ1n) is 8.80. The van der Waals surface area contributed by atoms with Gasteiger partial charge in [0.05, 0.1) is 10.6 Å². The van der Waals surface area contributed by atoms with Crippen molar-refractivity contribution >= 4 is 17.4 Å². The SMILES string of the molecule is Cc1ccc([N+](=O)[O-])c(OCC(=O)Nc2cc(C)nn2-c2nc(C)cc(C)n2)c1. The van der Waals surface area contributed by atoms with Gasteiger partial charge >= 0.3 is 5.69 Å². The third kappa shape index (κ3) is 4.72. The Kier molecular flexibility index (Phi) is 5.53. The number of aryl methyl sites for hydroxylation is 4. The molecule has 0 saturated heterocycles. The van der Waals surface area contributed by atoms with Crippen LogP contribution in [0, 0.1) is 37.8 Å². The summed E-state index contributed by atoms with van der Waals surface area (Å²) in [5.74, 6) is 0.250. The molecule has 3 aromatic rings. The lowest BCUT2D eigenvalue weighted by molar-refractivity contribution is -0.385. The van der Waals surface area contributed by atoms with Crippen molar-refractivity contribution in [3.8, 4) is 11.7 Å². The fourth-order valence-electron chi connectivity index (χ4n) is 2.75. The van der Waals surface area contributed by atoms with Crippen LogP contribution in [0.3, 0.4) is 0 Å². The van der Waals surface area contributed by atoms with Crippen LogP contribution < -0.4 is 10.1 Å². The number of benzene rings is 1. The lowest BCUT2D eigenvalue weighted by Gasteiger charge is -2.10. The van der Waals surface area contributed by atoms with Gasteiger partial charge in [0.25, 0.3) is 11.9 Å². The van der Waals surface area contributed by atoms with Gasteiger partial charge in [-0.1, -0.05) is 6.07 Å². The van der Waals surface area contributed by atoms with Gasteiger partial charge in [-0.3, -0.25) is 14.9 Å². The summed E-state index contributed by atoms with van der Waals surface area (Å²) in [5.41, 5.74) is 2.79. The number of hydrogen-bond donors (Lipinski definition) is 1. The van der Waals surface area contributed by atoms with E-state index in [9.17, 15) is 14.9 Å². The molecule has 0 fully saturated rings. The van der Waals surface area contributed by atoms with Gasteiger partial charge in [-0.05, 0) is 45.4 Å². The molecule has 1 aromatic carbocycles. The molecule has 10 heteroatoms. The van der Waals surface area contributed by atoms with Crippen molar-refractivity contribution in [2.24, 2.45) is 0 Å². The van der Waals surface area contributed by atoms with E-state index >= 15 is 0 Å². The normalized spacial score (nSPS) is 10.6. The van der Waals surface area contributed by atoms with E-state index < -0.39 is 17.4 Å². The van der Waals surface area contributed by atoms with Crippen LogP contribution in [0.25, 0.3) is 5.95 Å². The Labute approximate surface area is 166 Å². The quantitative estimate of drug-likeness (QED) is 0.501. The molecule has 3 rings (SSSR count). The molecule has 0 radical (unpaired) electrons. The van der Waals surface area contributed by atoms with E-state index in [4.69, 9.17) is 4.74 Å². The average molecular weight is 396 g/mol. The largest absolute Gasteiger partial charge is 0.477 e. The van der Waals surface area contributed by atoms with Gasteiger partial charge in [0.1, 0.15) is 5.82 Å². The van der Waals surface area contributed by atoms with Crippen LogP contribution in [0.4, 0.5) is 11.5 Å². The topological polar surface area (TPSA) is 125 Å². The number of nitrogens with one attached hydrogen (secondary N) is 1. The number of rotatable bonds is 6. The van der Waals surface area contributed by atoms with Crippen LogP contribution in [-0.2, 0) is 4.79 Å². The summed E-state index contributed by atoms with van der Waals surface area (Å²) in [6.45, 7) is 6.84. The molecule has 0 bridgehead atoms. The zero-order chi connectivity index (χ0) is 21.1. The summed E-state index contributed by atoms with van der Waals surface area (Å²) in [4.78, 5) is 31.7. The minimum absolute atomic E-state index is 0.0347. The number of nitro groups is 1. The molecule has 29 heavy (non-hydrogen) atoms. The van der Waals surface area contributed by atoms with Crippen molar-refractivity contribution in [2.75, 3.05) is 11.9 Å². The van der Waals surface area contributed by atoms with Crippen LogP contribution in [-0.4, -0.2) is 37.2 Å². The molecular weight excluding hydrogens is 376 g/mol. The van der Waals surface area contributed by atoms with Crippen LogP contribution in [0.15, 0.2) is 30.3 Å². The molecule has 0 aliphatic rings. The lowest BCUT2D eigenvalue weighted by Crippen LogP contribution is -2.22. The van der Waals surface area contributed by atoms with E-state index in [0.29, 0.717) is 17.5 Å². The maximum Gasteiger partial charge on any atom is 0.310 e. The van der Waals surface area contributed by atoms with E-state index in [-0.39, 0.29) is 11.4 Å². The molecule has 2 aromatic heterocycles. The number of hydrogen-bond acceptors (Lipinski definition) is 7. The van der Waals surface area contributed by atoms with E-state index in [1.807, 2.05) is 19.9 Å². The van der Waals surface area contributed by atoms with Crippen molar-refractivity contribution in [3.63, 3.8) is 0 Å². The Morgan fingerprint density at radius 3 is 2.45 bits per heavy atom. The van der Waals surface area contributed by atoms with Gasteiger partial charge < -0.3 is 10.1 Å². The van der Waals surface area contributed by atoms with E-state index in [2.05, 4.69) is 20.4 Å². The minimum atomic E-state index is -0.553. The molecule has 0 aliphatic heterocycles. The number of amides is 1. The van der Waals surface area contributed by atoms with Gasteiger partial charge in [0, 0.05) is 23.5 Å². The highest BCUT2D eigenvalue weighted by atomic mass is 16.6. The highest BCUT2D eigenvalue weighted by molar-refractivity contribution is 5.91. The van der Waals surface area contributed by atoms with E-state index in [1.165, 1.54) is 16.8 Å². The first-order chi connectivity index (χ1) is 13.7. The van der Waals surface area contributed by atoms with Crippen LogP contribution >= 0.6 is 0 Å². The molecule has 150 valence electrons. The standard InChI is InChI=1S/C19H20N6O4/c1-11-5-6-15(25(27)28)16(7-11)29-10-18(26)22-17-9-14(4)23-24(17)19-20-12(2)8-13(3)21-19/h5-9H,10H2,1-4H3,(H,22,26). The number of anilines is 1. The Bertz CT molecular complexity index is 1070. The molecule has 1 amide bonds. The Hall–Kier alpha value is -3.82. The molecule has 2 heterocycles. The van der Waals surface area contributed by atoms with E-state index in [1.54, 1.807) is 26.0 Å². The number of nitrogens with zero attached hydrogens (tertiary/aromatic N) is 5. The van der Waals surface area contributed by atoms with Crippen LogP contribution in [0.5, 0.6) is 5.75 Å². The summed E-state index contributed by atoms with van der Waals surface area (Å²) in [5, 5.41) is 18.1. The van der Waals surface area contributed by atoms with E-state index in [0.717, 1.165) is 17.0 Å². The molecule has 0 unspecified atom stereocenters. The Morgan fingerprint density at radius 1 is 1.10 bits per heavy atom. The Balaban J connectivity index is 1.77. The highest BCUT2D eigenvalue weighted by Crippen LogP contribution is 2.27. The number of carbonyl (C=O) groups excluding carboxylic acids is 1. The predicted octanol–water partition coefficient (Wildman–Crippen LogP) is 2.82. The third-order valence-corrected chi connectivity index (χ3v) is 3.93. The summed E-state index contributed by atoms with van der Waals surface area (Å²) < 4.78 is 6.82. The van der Waals surface area contributed by atoms with Crippen molar-refractivity contribution in [1.82, 2.24) is 19.7 Å². The zero-order valence-corrected chi connectivity index (χ0v) is 16.5. The second-order valence-corrected chi connectivity index (χ2v) is 6.60. The maximum atomic E-state index is 12.4. The molecule has 0 saturated carbocycles. The molecule has 0 atom stereocenters. The lowest BCUT2D eigenvalue weighted by atomic mass is 10.2. The Morgan fingerprint density at radius 2 is 1.79 bits per heavy atom. The molecule has 0 spiro atoms. The van der Waals surface area contributed by atoms with Gasteiger partial charge in [0.15, 0.2) is 12.4 Å². The molecule has 1 N–H and O–H groups in total. The monoisotopic (exact) mass is 396 g/mol. The second kappa shape index (κ2) is 8.05. The number of aromatic nitrogens is 4. The average Bonchev–Trinajstić information content (AvgIpc) is 2.99. The highest BCUT2D eigenvalue weighted by Gasteiger charge is 2.18. The maximum absolute atomic E-state index is 12.4. The predicted molar refractivity (Wildman–Crippen MR) is 105 cm³/mol. The summed E-state index contributed by atoms with van der Waals surface area (Å²) in [6.07, 6.45) is 0. The minimum Gasteiger partial charge on any atom is -0.477 e. The first kappa shape index (κ1) is 19.9. The summed E-state index contributed by atoms with van der Waals surface area (Å²) >= 11 is 0. The smallest absolute Gasteiger partial charge is 0.310 e. The fourth-order valence-corrected chi connectivity index (χ4v) is 2.75. The van der Waals surface area contributed by atoms with Crippen LogP contribution in [0.1, 0.15) is 22.6 Å². The summed E-state index contributed by atoms with van der Waals surface area (Å²) in [7, 11) is 0. The number of nitro benzene ring substituents is 1. The molecule has 0 aliphatic carbocycles. The summed E-state index contributed by atoms with van der Waals surface area (Å²) in [6, 6.07) is 7.98. The third-order valence-electron chi connectivity index (χ3n) is 3.93.